The Balaban J connectivity index is 2.08. The summed E-state index contributed by atoms with van der Waals surface area (Å²) in [4.78, 5) is 33.3. The maximum Gasteiger partial charge on any atom is 0.315 e. The van der Waals surface area contributed by atoms with Crippen molar-refractivity contribution in [3.05, 3.63) is 0 Å². The molecule has 1 aliphatic rings. The Bertz CT molecular complexity index is 362. The first-order chi connectivity index (χ1) is 8.13. The van der Waals surface area contributed by atoms with Crippen LogP contribution in [0.1, 0.15) is 12.8 Å². The van der Waals surface area contributed by atoms with E-state index in [4.69, 9.17) is 6.42 Å². The molecule has 1 unspecified atom stereocenters. The fourth-order valence-corrected chi connectivity index (χ4v) is 2.49. The zero-order valence-electron chi connectivity index (χ0n) is 9.32. The van der Waals surface area contributed by atoms with Crippen molar-refractivity contribution >= 4 is 29.4 Å². The van der Waals surface area contributed by atoms with Crippen LogP contribution in [0.15, 0.2) is 0 Å². The van der Waals surface area contributed by atoms with Crippen LogP contribution in [0.2, 0.25) is 0 Å². The molecule has 1 atom stereocenters. The highest BCUT2D eigenvalue weighted by Crippen LogP contribution is 2.23. The molecule has 1 rings (SSSR count). The summed E-state index contributed by atoms with van der Waals surface area (Å²) in [5, 5.41) is 4.84. The van der Waals surface area contributed by atoms with Crippen LogP contribution in [0.25, 0.3) is 0 Å². The van der Waals surface area contributed by atoms with E-state index < -0.39 is 0 Å². The van der Waals surface area contributed by atoms with Crippen LogP contribution >= 0.6 is 11.8 Å². The molecule has 0 spiro atoms. The molecule has 0 aliphatic heterocycles. The van der Waals surface area contributed by atoms with Crippen LogP contribution in [0, 0.1) is 12.3 Å². The molecule has 6 heteroatoms. The van der Waals surface area contributed by atoms with Gasteiger partial charge < -0.3 is 10.6 Å². The molecular formula is C11H14N2O3S. The van der Waals surface area contributed by atoms with Crippen LogP contribution in [0.5, 0.6) is 0 Å². The van der Waals surface area contributed by atoms with Crippen molar-refractivity contribution in [2.24, 2.45) is 0 Å². The van der Waals surface area contributed by atoms with Gasteiger partial charge >= 0.3 is 6.03 Å². The number of rotatable bonds is 5. The average molecular weight is 254 g/mol. The SMILES string of the molecule is C#CCNC(=O)NCCSC1CC(=O)CC1=O. The van der Waals surface area contributed by atoms with Crippen LogP contribution in [-0.2, 0) is 9.59 Å². The van der Waals surface area contributed by atoms with Gasteiger partial charge in [0.15, 0.2) is 5.78 Å². The molecule has 0 radical (unpaired) electrons. The topological polar surface area (TPSA) is 75.3 Å². The lowest BCUT2D eigenvalue weighted by Crippen LogP contribution is -2.37. The fourth-order valence-electron chi connectivity index (χ4n) is 1.41. The minimum atomic E-state index is -0.322. The minimum absolute atomic E-state index is 0.00298. The number of carbonyl (C=O) groups is 3. The number of Topliss-reactive ketones (excluding diaryl/α,β-unsaturated/α-hetero) is 2. The number of thioether (sulfide) groups is 1. The molecule has 0 aromatic rings. The van der Waals surface area contributed by atoms with E-state index in [0.29, 0.717) is 18.7 Å². The summed E-state index contributed by atoms with van der Waals surface area (Å²) in [5.41, 5.74) is 0. The fraction of sp³-hybridized carbons (Fsp3) is 0.545. The van der Waals surface area contributed by atoms with E-state index in [9.17, 15) is 14.4 Å². The standard InChI is InChI=1S/C11H14N2O3S/c1-2-3-12-11(16)13-4-5-17-10-7-8(14)6-9(10)15/h1,10H,3-7H2,(H2,12,13,16). The highest BCUT2D eigenvalue weighted by Gasteiger charge is 2.30. The van der Waals surface area contributed by atoms with Gasteiger partial charge in [-0.3, -0.25) is 9.59 Å². The Morgan fingerprint density at radius 2 is 2.24 bits per heavy atom. The third-order valence-corrected chi connectivity index (χ3v) is 3.47. The van der Waals surface area contributed by atoms with Crippen molar-refractivity contribution in [1.29, 1.82) is 0 Å². The van der Waals surface area contributed by atoms with Gasteiger partial charge in [0, 0.05) is 18.7 Å². The zero-order valence-corrected chi connectivity index (χ0v) is 10.1. The lowest BCUT2D eigenvalue weighted by molar-refractivity contribution is -0.121. The van der Waals surface area contributed by atoms with E-state index in [1.165, 1.54) is 11.8 Å². The number of ketones is 2. The van der Waals surface area contributed by atoms with Crippen molar-refractivity contribution < 1.29 is 14.4 Å². The molecule has 5 nitrogen and oxygen atoms in total. The van der Waals surface area contributed by atoms with Crippen molar-refractivity contribution in [1.82, 2.24) is 10.6 Å². The number of carbonyl (C=O) groups excluding carboxylic acids is 3. The summed E-state index contributed by atoms with van der Waals surface area (Å²) in [7, 11) is 0. The molecule has 0 saturated heterocycles. The Kier molecular flexibility index (Phi) is 5.57. The molecule has 1 aliphatic carbocycles. The predicted molar refractivity (Wildman–Crippen MR) is 65.7 cm³/mol. The van der Waals surface area contributed by atoms with Crippen LogP contribution in [-0.4, -0.2) is 41.7 Å². The molecule has 2 amide bonds. The van der Waals surface area contributed by atoms with Gasteiger partial charge in [0.05, 0.1) is 18.2 Å². The van der Waals surface area contributed by atoms with Crippen molar-refractivity contribution in [2.75, 3.05) is 18.8 Å². The van der Waals surface area contributed by atoms with Gasteiger partial charge in [-0.05, 0) is 0 Å². The summed E-state index contributed by atoms with van der Waals surface area (Å²) >= 11 is 1.41. The summed E-state index contributed by atoms with van der Waals surface area (Å²) in [6.07, 6.45) is 5.37. The van der Waals surface area contributed by atoms with Crippen molar-refractivity contribution in [3.63, 3.8) is 0 Å². The molecule has 17 heavy (non-hydrogen) atoms. The van der Waals surface area contributed by atoms with Gasteiger partial charge in [-0.1, -0.05) is 5.92 Å². The first-order valence-corrected chi connectivity index (χ1v) is 6.29. The van der Waals surface area contributed by atoms with Gasteiger partial charge in [-0.25, -0.2) is 4.79 Å². The summed E-state index contributed by atoms with van der Waals surface area (Å²) < 4.78 is 0. The number of urea groups is 1. The molecule has 1 fully saturated rings. The molecule has 1 saturated carbocycles. The smallest absolute Gasteiger partial charge is 0.315 e. The Labute approximate surface area is 104 Å². The largest absolute Gasteiger partial charge is 0.337 e. The summed E-state index contributed by atoms with van der Waals surface area (Å²) in [5.74, 6) is 2.89. The van der Waals surface area contributed by atoms with E-state index in [1.807, 2.05) is 0 Å². The van der Waals surface area contributed by atoms with Crippen LogP contribution in [0.3, 0.4) is 0 Å². The molecule has 0 aromatic carbocycles. The Hall–Kier alpha value is -1.48. The van der Waals surface area contributed by atoms with Crippen LogP contribution < -0.4 is 10.6 Å². The molecule has 2 N–H and O–H groups in total. The quantitative estimate of drug-likeness (QED) is 0.410. The lowest BCUT2D eigenvalue weighted by Gasteiger charge is -2.08. The molecule has 92 valence electrons. The highest BCUT2D eigenvalue weighted by atomic mass is 32.2. The van der Waals surface area contributed by atoms with E-state index >= 15 is 0 Å². The second-order valence-electron chi connectivity index (χ2n) is 3.56. The Morgan fingerprint density at radius 1 is 1.47 bits per heavy atom. The van der Waals surface area contributed by atoms with E-state index in [2.05, 4.69) is 16.6 Å². The third-order valence-electron chi connectivity index (χ3n) is 2.20. The van der Waals surface area contributed by atoms with Gasteiger partial charge in [0.2, 0.25) is 0 Å². The minimum Gasteiger partial charge on any atom is -0.337 e. The maximum absolute atomic E-state index is 11.3. The molecular weight excluding hydrogens is 240 g/mol. The number of hydrogen-bond donors (Lipinski definition) is 2. The summed E-state index contributed by atoms with van der Waals surface area (Å²) in [6, 6.07) is -0.322. The van der Waals surface area contributed by atoms with Crippen molar-refractivity contribution in [3.8, 4) is 12.3 Å². The Morgan fingerprint density at radius 3 is 2.82 bits per heavy atom. The normalized spacial score (nSPS) is 18.9. The second-order valence-corrected chi connectivity index (χ2v) is 4.87. The third kappa shape index (κ3) is 4.91. The van der Waals surface area contributed by atoms with Crippen molar-refractivity contribution in [2.45, 2.75) is 18.1 Å². The molecule has 0 heterocycles. The number of amides is 2. The second kappa shape index (κ2) is 6.97. The zero-order chi connectivity index (χ0) is 12.7. The lowest BCUT2D eigenvalue weighted by atomic mass is 10.3. The van der Waals surface area contributed by atoms with Gasteiger partial charge in [-0.2, -0.15) is 0 Å². The maximum atomic E-state index is 11.3. The highest BCUT2D eigenvalue weighted by molar-refractivity contribution is 8.00. The van der Waals surface area contributed by atoms with E-state index in [1.54, 1.807) is 0 Å². The van der Waals surface area contributed by atoms with E-state index in [0.717, 1.165) is 0 Å². The monoisotopic (exact) mass is 254 g/mol. The first kappa shape index (κ1) is 13.6. The average Bonchev–Trinajstić information content (AvgIpc) is 2.60. The van der Waals surface area contributed by atoms with Gasteiger partial charge in [-0.15, -0.1) is 18.2 Å². The van der Waals surface area contributed by atoms with Gasteiger partial charge in [0.1, 0.15) is 5.78 Å². The van der Waals surface area contributed by atoms with Crippen LogP contribution in [0.4, 0.5) is 4.79 Å². The van der Waals surface area contributed by atoms with E-state index in [-0.39, 0.29) is 35.8 Å². The van der Waals surface area contributed by atoms with Gasteiger partial charge in [0.25, 0.3) is 0 Å². The molecule has 0 aromatic heterocycles. The summed E-state index contributed by atoms with van der Waals surface area (Å²) in [6.45, 7) is 0.633. The first-order valence-electron chi connectivity index (χ1n) is 5.24. The molecule has 0 bridgehead atoms. The predicted octanol–water partition coefficient (Wildman–Crippen LogP) is -0.0474. The number of terminal acetylenes is 1. The number of nitrogens with one attached hydrogen (secondary N) is 2. The number of hydrogen-bond acceptors (Lipinski definition) is 4.